The first-order valence-corrected chi connectivity index (χ1v) is 5.00. The topological polar surface area (TPSA) is 81.9 Å². The van der Waals surface area contributed by atoms with E-state index in [0.717, 1.165) is 12.0 Å². The average molecular weight is 252 g/mol. The molecule has 1 fully saturated rings. The first-order valence-electron chi connectivity index (χ1n) is 5.00. The Kier molecular flexibility index (Phi) is 4.76. The Labute approximate surface area is 96.6 Å². The minimum atomic E-state index is -2.94. The van der Waals surface area contributed by atoms with Crippen molar-refractivity contribution in [3.05, 3.63) is 0 Å². The summed E-state index contributed by atoms with van der Waals surface area (Å²) in [7, 11) is 1.16. The van der Waals surface area contributed by atoms with Crippen molar-refractivity contribution in [1.29, 1.82) is 0 Å². The molecule has 0 aliphatic carbocycles. The Bertz CT molecular complexity index is 277. The van der Waals surface area contributed by atoms with Crippen LogP contribution < -0.4 is 5.73 Å². The lowest BCUT2D eigenvalue weighted by Gasteiger charge is -2.21. The summed E-state index contributed by atoms with van der Waals surface area (Å²) in [5, 5.41) is 0. The maximum Gasteiger partial charge on any atom is 0.345 e. The molecule has 2 atom stereocenters. The van der Waals surface area contributed by atoms with Crippen molar-refractivity contribution in [2.24, 2.45) is 5.73 Å². The fourth-order valence-corrected chi connectivity index (χ4v) is 1.79. The maximum atomic E-state index is 12.0. The Morgan fingerprint density at radius 2 is 2.18 bits per heavy atom. The Hall–Kier alpha value is -1.28. The van der Waals surface area contributed by atoms with E-state index in [2.05, 4.69) is 9.47 Å². The van der Waals surface area contributed by atoms with Gasteiger partial charge in [-0.1, -0.05) is 0 Å². The van der Waals surface area contributed by atoms with Crippen LogP contribution in [-0.4, -0.2) is 55.7 Å². The number of likely N-dealkylation sites (tertiary alicyclic amines) is 1. The van der Waals surface area contributed by atoms with Crippen molar-refractivity contribution in [3.63, 3.8) is 0 Å². The van der Waals surface area contributed by atoms with Gasteiger partial charge < -0.3 is 20.1 Å². The molecule has 1 rings (SSSR count). The van der Waals surface area contributed by atoms with Crippen LogP contribution in [0.4, 0.5) is 8.78 Å². The summed E-state index contributed by atoms with van der Waals surface area (Å²) >= 11 is 0. The highest BCUT2D eigenvalue weighted by molar-refractivity contribution is 5.86. The minimum absolute atomic E-state index is 0.0112. The molecule has 0 unspecified atom stereocenters. The lowest BCUT2D eigenvalue weighted by molar-refractivity contribution is -0.160. The largest absolute Gasteiger partial charge is 0.467 e. The minimum Gasteiger partial charge on any atom is -0.467 e. The third-order valence-corrected chi connectivity index (χ3v) is 2.53. The van der Waals surface area contributed by atoms with Crippen molar-refractivity contribution >= 4 is 11.9 Å². The van der Waals surface area contributed by atoms with Gasteiger partial charge in [-0.05, 0) is 0 Å². The number of hydrogen-bond acceptors (Lipinski definition) is 5. The summed E-state index contributed by atoms with van der Waals surface area (Å²) in [6.07, 6.45) is -0.891. The number of esters is 1. The second kappa shape index (κ2) is 5.87. The van der Waals surface area contributed by atoms with E-state index in [0.29, 0.717) is 0 Å². The summed E-state index contributed by atoms with van der Waals surface area (Å²) < 4.78 is 32.9. The van der Waals surface area contributed by atoms with E-state index >= 15 is 0 Å². The Morgan fingerprint density at radius 1 is 1.53 bits per heavy atom. The third kappa shape index (κ3) is 3.34. The molecule has 17 heavy (non-hydrogen) atoms. The van der Waals surface area contributed by atoms with Crippen molar-refractivity contribution in [2.45, 2.75) is 25.2 Å². The molecule has 1 saturated heterocycles. The molecule has 6 nitrogen and oxygen atoms in total. The van der Waals surface area contributed by atoms with E-state index in [1.165, 1.54) is 0 Å². The summed E-state index contributed by atoms with van der Waals surface area (Å²) in [6, 6.07) is -0.903. The molecule has 1 aliphatic heterocycles. The molecule has 98 valence electrons. The molecule has 1 aliphatic rings. The summed E-state index contributed by atoms with van der Waals surface area (Å²) in [5.41, 5.74) is 5.17. The van der Waals surface area contributed by atoms with Crippen LogP contribution in [0, 0.1) is 0 Å². The summed E-state index contributed by atoms with van der Waals surface area (Å²) in [6.45, 7) is -3.32. The standard InChI is InChI=1S/C9H14F2N2O4/c1-16-8(15)6-2-5(17-9(10)11)4-13(6)7(14)3-12/h5-6,9H,2-4,12H2,1H3/t5-,6+/m1/s1. The number of hydrogen-bond donors (Lipinski definition) is 1. The molecule has 0 aromatic carbocycles. The number of nitrogens with zero attached hydrogens (tertiary/aromatic N) is 1. The molecule has 1 heterocycles. The second-order valence-electron chi connectivity index (χ2n) is 3.54. The molecule has 0 spiro atoms. The molecule has 0 aromatic rings. The van der Waals surface area contributed by atoms with E-state index in [1.54, 1.807) is 0 Å². The van der Waals surface area contributed by atoms with Gasteiger partial charge in [0.25, 0.3) is 0 Å². The van der Waals surface area contributed by atoms with Gasteiger partial charge in [-0.25, -0.2) is 4.79 Å². The molecule has 1 amide bonds. The number of alkyl halides is 2. The van der Waals surface area contributed by atoms with Crippen LogP contribution in [0.15, 0.2) is 0 Å². The van der Waals surface area contributed by atoms with Crippen molar-refractivity contribution in [3.8, 4) is 0 Å². The van der Waals surface area contributed by atoms with Gasteiger partial charge in [-0.15, -0.1) is 0 Å². The fourth-order valence-electron chi connectivity index (χ4n) is 1.79. The van der Waals surface area contributed by atoms with Crippen LogP contribution >= 0.6 is 0 Å². The van der Waals surface area contributed by atoms with Gasteiger partial charge in [-0.3, -0.25) is 4.79 Å². The molecule has 0 aromatic heterocycles. The number of carbonyl (C=O) groups is 2. The van der Waals surface area contributed by atoms with Gasteiger partial charge in [-0.2, -0.15) is 8.78 Å². The van der Waals surface area contributed by atoms with Crippen LogP contribution in [0.2, 0.25) is 0 Å². The van der Waals surface area contributed by atoms with Crippen molar-refractivity contribution in [1.82, 2.24) is 4.90 Å². The number of carbonyl (C=O) groups excluding carboxylic acids is 2. The molecule has 0 radical (unpaired) electrons. The summed E-state index contributed by atoms with van der Waals surface area (Å²) in [5.74, 6) is -1.16. The number of rotatable bonds is 4. The predicted octanol–water partition coefficient (Wildman–Crippen LogP) is -0.673. The lowest BCUT2D eigenvalue weighted by atomic mass is 10.2. The van der Waals surface area contributed by atoms with Crippen LogP contribution in [0.25, 0.3) is 0 Å². The van der Waals surface area contributed by atoms with E-state index in [4.69, 9.17) is 5.73 Å². The second-order valence-corrected chi connectivity index (χ2v) is 3.54. The van der Waals surface area contributed by atoms with Gasteiger partial charge in [0, 0.05) is 13.0 Å². The summed E-state index contributed by atoms with van der Waals surface area (Å²) in [4.78, 5) is 23.9. The Balaban J connectivity index is 2.72. The smallest absolute Gasteiger partial charge is 0.345 e. The highest BCUT2D eigenvalue weighted by Crippen LogP contribution is 2.23. The average Bonchev–Trinajstić information content (AvgIpc) is 2.69. The molecular weight excluding hydrogens is 238 g/mol. The first kappa shape index (κ1) is 13.8. The van der Waals surface area contributed by atoms with Gasteiger partial charge in [0.2, 0.25) is 5.91 Å². The molecule has 8 heteroatoms. The molecule has 0 bridgehead atoms. The normalized spacial score (nSPS) is 24.2. The van der Waals surface area contributed by atoms with Gasteiger partial charge in [0.15, 0.2) is 0 Å². The van der Waals surface area contributed by atoms with E-state index in [1.807, 2.05) is 0 Å². The predicted molar refractivity (Wildman–Crippen MR) is 52.1 cm³/mol. The molecule has 0 saturated carbocycles. The molecule has 2 N–H and O–H groups in total. The zero-order valence-electron chi connectivity index (χ0n) is 9.27. The zero-order valence-corrected chi connectivity index (χ0v) is 9.27. The monoisotopic (exact) mass is 252 g/mol. The van der Waals surface area contributed by atoms with Crippen LogP contribution in [0.1, 0.15) is 6.42 Å². The third-order valence-electron chi connectivity index (χ3n) is 2.53. The Morgan fingerprint density at radius 3 is 2.65 bits per heavy atom. The zero-order chi connectivity index (χ0) is 13.0. The van der Waals surface area contributed by atoms with Gasteiger partial charge in [0.1, 0.15) is 6.04 Å². The van der Waals surface area contributed by atoms with Crippen LogP contribution in [0.5, 0.6) is 0 Å². The first-order chi connectivity index (χ1) is 7.99. The highest BCUT2D eigenvalue weighted by atomic mass is 19.3. The van der Waals surface area contributed by atoms with Gasteiger partial charge >= 0.3 is 12.6 Å². The highest BCUT2D eigenvalue weighted by Gasteiger charge is 2.41. The van der Waals surface area contributed by atoms with Crippen LogP contribution in [0.3, 0.4) is 0 Å². The van der Waals surface area contributed by atoms with E-state index in [-0.39, 0.29) is 19.5 Å². The lowest BCUT2D eigenvalue weighted by Crippen LogP contribution is -2.44. The van der Waals surface area contributed by atoms with E-state index in [9.17, 15) is 18.4 Å². The number of halogens is 2. The maximum absolute atomic E-state index is 12.0. The van der Waals surface area contributed by atoms with Crippen molar-refractivity contribution in [2.75, 3.05) is 20.2 Å². The SMILES string of the molecule is COC(=O)[C@@H]1C[C@@H](OC(F)F)CN1C(=O)CN. The van der Waals surface area contributed by atoms with Gasteiger partial charge in [0.05, 0.1) is 19.8 Å². The number of methoxy groups -OCH3 is 1. The quantitative estimate of drug-likeness (QED) is 0.671. The molecular formula is C9H14F2N2O4. The number of ether oxygens (including phenoxy) is 2. The fraction of sp³-hybridized carbons (Fsp3) is 0.778. The van der Waals surface area contributed by atoms with Crippen molar-refractivity contribution < 1.29 is 27.8 Å². The van der Waals surface area contributed by atoms with E-state index < -0.39 is 30.6 Å². The number of amides is 1. The van der Waals surface area contributed by atoms with Crippen LogP contribution in [-0.2, 0) is 19.1 Å². The number of nitrogens with two attached hydrogens (primary N) is 1.